The fraction of sp³-hybridized carbons (Fsp3) is 0.0952. The number of amides is 1. The minimum absolute atomic E-state index is 0.132. The summed E-state index contributed by atoms with van der Waals surface area (Å²) in [6.45, 7) is 1.72. The molecule has 118 valence electrons. The van der Waals surface area contributed by atoms with E-state index >= 15 is 0 Å². The summed E-state index contributed by atoms with van der Waals surface area (Å²) in [6, 6.07) is 21.5. The number of fused-ring (bicyclic) bond motifs is 1. The number of hydrogen-bond acceptors (Lipinski definition) is 2. The molecule has 3 aromatic carbocycles. The van der Waals surface area contributed by atoms with Gasteiger partial charge in [0.05, 0.1) is 5.69 Å². The summed E-state index contributed by atoms with van der Waals surface area (Å²) < 4.78 is 5.68. The summed E-state index contributed by atoms with van der Waals surface area (Å²) in [5.74, 6) is 6.67. The smallest absolute Gasteiger partial charge is 0.221 e. The van der Waals surface area contributed by atoms with Gasteiger partial charge in [-0.15, -0.1) is 0 Å². The van der Waals surface area contributed by atoms with Crippen molar-refractivity contribution in [2.45, 2.75) is 6.92 Å². The Kier molecular flexibility index (Phi) is 4.78. The maximum atomic E-state index is 11.2. The van der Waals surface area contributed by atoms with E-state index in [1.54, 1.807) is 6.07 Å². The lowest BCUT2D eigenvalue weighted by Crippen LogP contribution is -2.07. The Balaban J connectivity index is 1.74. The quantitative estimate of drug-likeness (QED) is 0.735. The summed E-state index contributed by atoms with van der Waals surface area (Å²) in [6.07, 6.45) is 0. The maximum Gasteiger partial charge on any atom is 0.221 e. The molecule has 1 N–H and O–H groups in total. The first-order valence-electron chi connectivity index (χ1n) is 7.70. The molecule has 0 bridgehead atoms. The molecule has 0 atom stereocenters. The minimum Gasteiger partial charge on any atom is -0.479 e. The van der Waals surface area contributed by atoms with E-state index in [2.05, 4.69) is 35.4 Å². The van der Waals surface area contributed by atoms with E-state index < -0.39 is 0 Å². The molecule has 0 aliphatic heterocycles. The third-order valence-electron chi connectivity index (χ3n) is 3.51. The van der Waals surface area contributed by atoms with Gasteiger partial charge < -0.3 is 10.1 Å². The topological polar surface area (TPSA) is 38.3 Å². The van der Waals surface area contributed by atoms with Gasteiger partial charge in [0, 0.05) is 12.5 Å². The highest BCUT2D eigenvalue weighted by atomic mass is 16.5. The van der Waals surface area contributed by atoms with Crippen molar-refractivity contribution in [3.8, 4) is 17.6 Å². The van der Waals surface area contributed by atoms with Crippen LogP contribution >= 0.6 is 0 Å². The molecule has 1 amide bonds. The first kappa shape index (κ1) is 15.6. The third kappa shape index (κ3) is 3.74. The van der Waals surface area contributed by atoms with E-state index in [9.17, 15) is 4.79 Å². The van der Waals surface area contributed by atoms with Crippen LogP contribution in [0, 0.1) is 11.8 Å². The van der Waals surface area contributed by atoms with Crippen LogP contribution in [0.15, 0.2) is 66.7 Å². The van der Waals surface area contributed by atoms with E-state index in [0.717, 1.165) is 10.9 Å². The van der Waals surface area contributed by atoms with Crippen molar-refractivity contribution < 1.29 is 9.53 Å². The number of ether oxygens (including phenoxy) is 1. The monoisotopic (exact) mass is 315 g/mol. The number of para-hydroxylation sites is 2. The van der Waals surface area contributed by atoms with Gasteiger partial charge in [-0.05, 0) is 29.0 Å². The van der Waals surface area contributed by atoms with E-state index in [0.29, 0.717) is 11.4 Å². The SMILES string of the molecule is CC(=O)Nc1ccccc1OCC#Cc1cccc2ccccc12. The van der Waals surface area contributed by atoms with Crippen molar-refractivity contribution in [1.29, 1.82) is 0 Å². The van der Waals surface area contributed by atoms with Gasteiger partial charge in [0.1, 0.15) is 12.4 Å². The molecule has 0 unspecified atom stereocenters. The molecule has 24 heavy (non-hydrogen) atoms. The van der Waals surface area contributed by atoms with E-state index in [-0.39, 0.29) is 12.5 Å². The fourth-order valence-corrected chi connectivity index (χ4v) is 2.46. The van der Waals surface area contributed by atoms with Crippen molar-refractivity contribution in [3.63, 3.8) is 0 Å². The molecule has 0 aliphatic carbocycles. The first-order valence-corrected chi connectivity index (χ1v) is 7.70. The highest BCUT2D eigenvalue weighted by Crippen LogP contribution is 2.23. The van der Waals surface area contributed by atoms with Crippen LogP contribution in [0.2, 0.25) is 0 Å². The molecule has 0 aromatic heterocycles. The van der Waals surface area contributed by atoms with Crippen LogP contribution in [-0.4, -0.2) is 12.5 Å². The number of hydrogen-bond donors (Lipinski definition) is 1. The molecule has 0 saturated carbocycles. The largest absolute Gasteiger partial charge is 0.479 e. The Morgan fingerprint density at radius 2 is 1.75 bits per heavy atom. The van der Waals surface area contributed by atoms with Gasteiger partial charge in [-0.1, -0.05) is 60.4 Å². The van der Waals surface area contributed by atoms with E-state index in [4.69, 9.17) is 4.74 Å². The van der Waals surface area contributed by atoms with Crippen molar-refractivity contribution in [2.24, 2.45) is 0 Å². The van der Waals surface area contributed by atoms with Crippen LogP contribution in [0.1, 0.15) is 12.5 Å². The fourth-order valence-electron chi connectivity index (χ4n) is 2.46. The Labute approximate surface area is 141 Å². The number of rotatable bonds is 3. The zero-order chi connectivity index (χ0) is 16.8. The second kappa shape index (κ2) is 7.34. The lowest BCUT2D eigenvalue weighted by molar-refractivity contribution is -0.114. The summed E-state index contributed by atoms with van der Waals surface area (Å²) in [4.78, 5) is 11.2. The highest BCUT2D eigenvalue weighted by molar-refractivity contribution is 5.90. The molecular weight excluding hydrogens is 298 g/mol. The molecule has 3 rings (SSSR count). The normalized spacial score (nSPS) is 9.88. The molecular formula is C21H17NO2. The number of benzene rings is 3. The Hall–Kier alpha value is -3.25. The van der Waals surface area contributed by atoms with Crippen LogP contribution in [0.25, 0.3) is 10.8 Å². The molecule has 0 saturated heterocycles. The highest BCUT2D eigenvalue weighted by Gasteiger charge is 2.03. The van der Waals surface area contributed by atoms with Crippen LogP contribution < -0.4 is 10.1 Å². The number of carbonyl (C=O) groups excluding carboxylic acids is 1. The molecule has 0 fully saturated rings. The van der Waals surface area contributed by atoms with Crippen LogP contribution in [0.4, 0.5) is 5.69 Å². The summed E-state index contributed by atoms with van der Waals surface area (Å²) in [7, 11) is 0. The van der Waals surface area contributed by atoms with Crippen molar-refractivity contribution in [1.82, 2.24) is 0 Å². The first-order chi connectivity index (χ1) is 11.7. The van der Waals surface area contributed by atoms with Crippen molar-refractivity contribution in [2.75, 3.05) is 11.9 Å². The van der Waals surface area contributed by atoms with Gasteiger partial charge in [-0.25, -0.2) is 0 Å². The molecule has 3 nitrogen and oxygen atoms in total. The predicted molar refractivity (Wildman–Crippen MR) is 97.1 cm³/mol. The Morgan fingerprint density at radius 3 is 2.62 bits per heavy atom. The summed E-state index contributed by atoms with van der Waals surface area (Å²) >= 11 is 0. The Morgan fingerprint density at radius 1 is 1.00 bits per heavy atom. The number of nitrogens with one attached hydrogen (secondary N) is 1. The van der Waals surface area contributed by atoms with Crippen LogP contribution in [-0.2, 0) is 4.79 Å². The lowest BCUT2D eigenvalue weighted by Gasteiger charge is -2.09. The molecule has 0 aliphatic rings. The molecule has 0 heterocycles. The predicted octanol–water partition coefficient (Wildman–Crippen LogP) is 4.23. The van der Waals surface area contributed by atoms with Gasteiger partial charge in [0.2, 0.25) is 5.91 Å². The standard InChI is InChI=1S/C21H17NO2/c1-16(23)22-20-13-4-5-14-21(20)24-15-7-11-18-10-6-9-17-8-2-3-12-19(17)18/h2-6,8-10,12-14H,15H2,1H3,(H,22,23). The van der Waals surface area contributed by atoms with Gasteiger partial charge in [0.15, 0.2) is 0 Å². The van der Waals surface area contributed by atoms with Gasteiger partial charge in [-0.3, -0.25) is 4.79 Å². The van der Waals surface area contributed by atoms with Crippen molar-refractivity contribution in [3.05, 3.63) is 72.3 Å². The van der Waals surface area contributed by atoms with Crippen molar-refractivity contribution >= 4 is 22.4 Å². The molecule has 3 aromatic rings. The minimum atomic E-state index is -0.132. The number of anilines is 1. The van der Waals surface area contributed by atoms with Crippen LogP contribution in [0.5, 0.6) is 5.75 Å². The summed E-state index contributed by atoms with van der Waals surface area (Å²) in [5.41, 5.74) is 1.63. The maximum absolute atomic E-state index is 11.2. The molecule has 0 radical (unpaired) electrons. The molecule has 3 heteroatoms. The second-order valence-corrected chi connectivity index (χ2v) is 5.29. The van der Waals surface area contributed by atoms with Gasteiger partial charge in [0.25, 0.3) is 0 Å². The Bertz CT molecular complexity index is 930. The van der Waals surface area contributed by atoms with Gasteiger partial charge >= 0.3 is 0 Å². The van der Waals surface area contributed by atoms with E-state index in [1.807, 2.05) is 42.5 Å². The number of carbonyl (C=O) groups is 1. The van der Waals surface area contributed by atoms with E-state index in [1.165, 1.54) is 12.3 Å². The molecule has 0 spiro atoms. The lowest BCUT2D eigenvalue weighted by atomic mass is 10.1. The van der Waals surface area contributed by atoms with Gasteiger partial charge in [-0.2, -0.15) is 0 Å². The third-order valence-corrected chi connectivity index (χ3v) is 3.51. The summed E-state index contributed by atoms with van der Waals surface area (Å²) in [5, 5.41) is 5.04. The zero-order valence-electron chi connectivity index (χ0n) is 13.4. The second-order valence-electron chi connectivity index (χ2n) is 5.29. The van der Waals surface area contributed by atoms with Crippen LogP contribution in [0.3, 0.4) is 0 Å². The average Bonchev–Trinajstić information content (AvgIpc) is 2.59. The zero-order valence-corrected chi connectivity index (χ0v) is 13.4. The average molecular weight is 315 g/mol.